The number of anilines is 1. The first-order chi connectivity index (χ1) is 11.9. The van der Waals surface area contributed by atoms with E-state index in [1.165, 1.54) is 12.1 Å². The standard InChI is InChI=1S/C9H9F2NO3.C8H8FN/c10-7-2-1-6(5-8(7)11)9(14)12-15-4-3-13;1-2-6-3-4-8(10)7(9)5-6/h1-2,5,13H,3-4H2,(H,12,14);2-5H,1,10H2. The van der Waals surface area contributed by atoms with Crippen molar-refractivity contribution in [1.82, 2.24) is 5.48 Å². The minimum absolute atomic E-state index is 0.0631. The van der Waals surface area contributed by atoms with Crippen LogP contribution in [-0.4, -0.2) is 24.2 Å². The highest BCUT2D eigenvalue weighted by Crippen LogP contribution is 2.12. The largest absolute Gasteiger partial charge is 0.396 e. The van der Waals surface area contributed by atoms with Crippen LogP contribution in [0.2, 0.25) is 0 Å². The third-order valence-corrected chi connectivity index (χ3v) is 2.80. The van der Waals surface area contributed by atoms with Gasteiger partial charge in [-0.3, -0.25) is 9.63 Å². The van der Waals surface area contributed by atoms with Crippen molar-refractivity contribution in [3.63, 3.8) is 0 Å². The van der Waals surface area contributed by atoms with Crippen molar-refractivity contribution in [2.75, 3.05) is 18.9 Å². The normalized spacial score (nSPS) is 9.76. The molecule has 2 aromatic rings. The van der Waals surface area contributed by atoms with Gasteiger partial charge in [0.1, 0.15) is 5.82 Å². The van der Waals surface area contributed by atoms with Crippen LogP contribution >= 0.6 is 0 Å². The number of carbonyl (C=O) groups is 1. The van der Waals surface area contributed by atoms with Gasteiger partial charge < -0.3 is 10.8 Å². The monoisotopic (exact) mass is 354 g/mol. The van der Waals surface area contributed by atoms with Crippen molar-refractivity contribution in [1.29, 1.82) is 0 Å². The van der Waals surface area contributed by atoms with E-state index in [9.17, 15) is 18.0 Å². The average molecular weight is 354 g/mol. The second-order valence-corrected chi connectivity index (χ2v) is 4.62. The lowest BCUT2D eigenvalue weighted by Crippen LogP contribution is -2.25. The van der Waals surface area contributed by atoms with Crippen LogP contribution in [0.1, 0.15) is 15.9 Å². The van der Waals surface area contributed by atoms with Crippen LogP contribution in [0.5, 0.6) is 0 Å². The fraction of sp³-hybridized carbons (Fsp3) is 0.118. The molecule has 8 heteroatoms. The Hall–Kier alpha value is -2.84. The molecule has 5 nitrogen and oxygen atoms in total. The Morgan fingerprint density at radius 1 is 1.16 bits per heavy atom. The summed E-state index contributed by atoms with van der Waals surface area (Å²) in [6.45, 7) is 3.17. The van der Waals surface area contributed by atoms with Crippen molar-refractivity contribution < 1.29 is 27.9 Å². The van der Waals surface area contributed by atoms with Gasteiger partial charge in [0.2, 0.25) is 0 Å². The Morgan fingerprint density at radius 3 is 2.44 bits per heavy atom. The molecule has 0 unspecified atom stereocenters. The number of hydrogen-bond acceptors (Lipinski definition) is 4. The highest BCUT2D eigenvalue weighted by Gasteiger charge is 2.09. The van der Waals surface area contributed by atoms with Crippen LogP contribution in [0.15, 0.2) is 43.0 Å². The SMILES string of the molecule is C=Cc1ccc(N)c(F)c1.O=C(NOCCO)c1ccc(F)c(F)c1. The number of carbonyl (C=O) groups excluding carboxylic acids is 1. The number of hydrogen-bond donors (Lipinski definition) is 3. The Morgan fingerprint density at radius 2 is 1.88 bits per heavy atom. The quantitative estimate of drug-likeness (QED) is 0.438. The van der Waals surface area contributed by atoms with Gasteiger partial charge in [0, 0.05) is 5.56 Å². The van der Waals surface area contributed by atoms with E-state index in [1.807, 2.05) is 5.48 Å². The van der Waals surface area contributed by atoms with Gasteiger partial charge in [0.25, 0.3) is 5.91 Å². The third-order valence-electron chi connectivity index (χ3n) is 2.80. The Bertz CT molecular complexity index is 739. The zero-order chi connectivity index (χ0) is 18.8. The minimum Gasteiger partial charge on any atom is -0.396 e. The molecule has 0 aliphatic heterocycles. The number of nitrogen functional groups attached to an aromatic ring is 1. The summed E-state index contributed by atoms with van der Waals surface area (Å²) in [7, 11) is 0. The number of nitrogens with two attached hydrogens (primary N) is 1. The molecule has 25 heavy (non-hydrogen) atoms. The van der Waals surface area contributed by atoms with Crippen LogP contribution in [0.3, 0.4) is 0 Å². The van der Waals surface area contributed by atoms with Gasteiger partial charge >= 0.3 is 0 Å². The highest BCUT2D eigenvalue weighted by atomic mass is 19.2. The topological polar surface area (TPSA) is 84.6 Å². The number of nitrogens with one attached hydrogen (secondary N) is 1. The molecule has 2 rings (SSSR count). The van der Waals surface area contributed by atoms with Crippen molar-refractivity contribution in [3.05, 3.63) is 71.6 Å². The van der Waals surface area contributed by atoms with Crippen LogP contribution in [0, 0.1) is 17.5 Å². The van der Waals surface area contributed by atoms with Crippen molar-refractivity contribution in [2.45, 2.75) is 0 Å². The van der Waals surface area contributed by atoms with Gasteiger partial charge in [-0.15, -0.1) is 0 Å². The zero-order valence-electron chi connectivity index (χ0n) is 13.1. The molecule has 0 heterocycles. The molecular formula is C17H17F3N2O3. The number of benzene rings is 2. The summed E-state index contributed by atoms with van der Waals surface area (Å²) in [5.41, 5.74) is 8.04. The molecule has 2 aromatic carbocycles. The van der Waals surface area contributed by atoms with Crippen molar-refractivity contribution in [3.8, 4) is 0 Å². The van der Waals surface area contributed by atoms with E-state index in [-0.39, 0.29) is 24.5 Å². The molecule has 0 atom stereocenters. The van der Waals surface area contributed by atoms with Gasteiger partial charge in [-0.25, -0.2) is 18.7 Å². The molecule has 0 bridgehead atoms. The molecule has 0 saturated carbocycles. The molecular weight excluding hydrogens is 337 g/mol. The van der Waals surface area contributed by atoms with E-state index in [0.29, 0.717) is 0 Å². The number of rotatable bonds is 5. The maximum Gasteiger partial charge on any atom is 0.274 e. The fourth-order valence-corrected chi connectivity index (χ4v) is 1.53. The summed E-state index contributed by atoms with van der Waals surface area (Å²) in [5, 5.41) is 8.34. The molecule has 0 saturated heterocycles. The summed E-state index contributed by atoms with van der Waals surface area (Å²) in [5.74, 6) is -3.23. The van der Waals surface area contributed by atoms with E-state index < -0.39 is 23.4 Å². The number of amides is 1. The molecule has 0 spiro atoms. The van der Waals surface area contributed by atoms with Crippen LogP contribution < -0.4 is 11.2 Å². The molecule has 0 aliphatic carbocycles. The van der Waals surface area contributed by atoms with Crippen LogP contribution in [-0.2, 0) is 4.84 Å². The third kappa shape index (κ3) is 6.66. The number of aliphatic hydroxyl groups excluding tert-OH is 1. The number of halogens is 3. The summed E-state index contributed by atoms with van der Waals surface area (Å²) >= 11 is 0. The van der Waals surface area contributed by atoms with E-state index >= 15 is 0 Å². The Balaban J connectivity index is 0.000000271. The lowest BCUT2D eigenvalue weighted by molar-refractivity contribution is 0.0168. The lowest BCUT2D eigenvalue weighted by atomic mass is 10.2. The number of hydroxylamine groups is 1. The maximum absolute atomic E-state index is 12.7. The molecule has 0 aromatic heterocycles. The second-order valence-electron chi connectivity index (χ2n) is 4.62. The van der Waals surface area contributed by atoms with E-state index in [4.69, 9.17) is 10.8 Å². The van der Waals surface area contributed by atoms with E-state index in [2.05, 4.69) is 11.4 Å². The summed E-state index contributed by atoms with van der Waals surface area (Å²) in [6, 6.07) is 7.30. The molecule has 4 N–H and O–H groups in total. The summed E-state index contributed by atoms with van der Waals surface area (Å²) < 4.78 is 37.8. The molecule has 0 aliphatic rings. The van der Waals surface area contributed by atoms with Gasteiger partial charge in [-0.1, -0.05) is 18.7 Å². The first-order valence-corrected chi connectivity index (χ1v) is 7.04. The van der Waals surface area contributed by atoms with Crippen LogP contribution in [0.25, 0.3) is 6.08 Å². The van der Waals surface area contributed by atoms with Gasteiger partial charge in [-0.2, -0.15) is 0 Å². The maximum atomic E-state index is 12.7. The number of aliphatic hydroxyl groups is 1. The first kappa shape index (κ1) is 20.2. The predicted octanol–water partition coefficient (Wildman–Crippen LogP) is 2.67. The lowest BCUT2D eigenvalue weighted by Gasteiger charge is -2.04. The molecule has 134 valence electrons. The van der Waals surface area contributed by atoms with Crippen LogP contribution in [0.4, 0.5) is 18.9 Å². The van der Waals surface area contributed by atoms with Gasteiger partial charge in [0.05, 0.1) is 18.9 Å². The molecule has 0 fully saturated rings. The smallest absolute Gasteiger partial charge is 0.274 e. The second kappa shape index (κ2) is 10.1. The average Bonchev–Trinajstić information content (AvgIpc) is 2.60. The molecule has 0 radical (unpaired) electrons. The minimum atomic E-state index is -1.11. The first-order valence-electron chi connectivity index (χ1n) is 7.04. The fourth-order valence-electron chi connectivity index (χ4n) is 1.53. The van der Waals surface area contributed by atoms with Gasteiger partial charge in [0.15, 0.2) is 11.6 Å². The highest BCUT2D eigenvalue weighted by molar-refractivity contribution is 5.93. The molecule has 1 amide bonds. The summed E-state index contributed by atoms with van der Waals surface area (Å²) in [4.78, 5) is 15.7. The Labute approximate surface area is 142 Å². The zero-order valence-corrected chi connectivity index (χ0v) is 13.1. The summed E-state index contributed by atoms with van der Waals surface area (Å²) in [6.07, 6.45) is 1.57. The van der Waals surface area contributed by atoms with Crippen molar-refractivity contribution in [2.24, 2.45) is 0 Å². The predicted molar refractivity (Wildman–Crippen MR) is 87.8 cm³/mol. The van der Waals surface area contributed by atoms with Gasteiger partial charge in [-0.05, 0) is 35.9 Å². The van der Waals surface area contributed by atoms with E-state index in [0.717, 1.165) is 23.8 Å². The van der Waals surface area contributed by atoms with E-state index in [1.54, 1.807) is 12.1 Å². The van der Waals surface area contributed by atoms with Crippen molar-refractivity contribution >= 4 is 17.7 Å². The Kier molecular flexibility index (Phi) is 8.17.